The fraction of sp³-hybridized carbons (Fsp3) is 0.846. The molecule has 0 N–H and O–H groups in total. The van der Waals surface area contributed by atoms with Crippen LogP contribution in [0.5, 0.6) is 0 Å². The van der Waals surface area contributed by atoms with Crippen molar-refractivity contribution in [1.29, 1.82) is 0 Å². The van der Waals surface area contributed by atoms with Gasteiger partial charge in [-0.05, 0) is 19.3 Å². The molecule has 0 amide bonds. The zero-order valence-electron chi connectivity index (χ0n) is 9.68. The first-order chi connectivity index (χ1) is 6.31. The van der Waals surface area contributed by atoms with Crippen LogP contribution in [0.2, 0.25) is 0 Å². The molecule has 0 spiro atoms. The Bertz CT molecular complexity index is 113. The highest BCUT2D eigenvalue weighted by Crippen LogP contribution is 2.12. The van der Waals surface area contributed by atoms with Gasteiger partial charge < -0.3 is 0 Å². The first-order valence-corrected chi connectivity index (χ1v) is 5.94. The van der Waals surface area contributed by atoms with Gasteiger partial charge in [-0.3, -0.25) is 0 Å². The molecule has 0 heteroatoms. The summed E-state index contributed by atoms with van der Waals surface area (Å²) in [6.45, 7) is 6.69. The predicted octanol–water partition coefficient (Wildman–Crippen LogP) is 4.95. The van der Waals surface area contributed by atoms with Crippen LogP contribution in [0.1, 0.15) is 65.7 Å². The number of unbranched alkanes of at least 4 members (excludes halogenated alkanes) is 5. The van der Waals surface area contributed by atoms with Gasteiger partial charge >= 0.3 is 0 Å². The van der Waals surface area contributed by atoms with E-state index < -0.39 is 0 Å². The van der Waals surface area contributed by atoms with Gasteiger partial charge in [0, 0.05) is 0 Å². The fourth-order valence-electron chi connectivity index (χ4n) is 1.67. The topological polar surface area (TPSA) is 0 Å². The first kappa shape index (κ1) is 12.7. The third-order valence-electron chi connectivity index (χ3n) is 2.53. The first-order valence-electron chi connectivity index (χ1n) is 5.94. The second-order valence-corrected chi connectivity index (χ2v) is 4.06. The van der Waals surface area contributed by atoms with Crippen molar-refractivity contribution in [2.45, 2.75) is 65.7 Å². The molecule has 0 saturated heterocycles. The van der Waals surface area contributed by atoms with E-state index in [1.54, 1.807) is 0 Å². The van der Waals surface area contributed by atoms with E-state index in [4.69, 9.17) is 0 Å². The molecule has 0 aromatic carbocycles. The average Bonchev–Trinajstić information content (AvgIpc) is 2.11. The second-order valence-electron chi connectivity index (χ2n) is 4.06. The van der Waals surface area contributed by atoms with Gasteiger partial charge in [-0.1, -0.05) is 64.5 Å². The maximum absolute atomic E-state index is 2.31. The van der Waals surface area contributed by atoms with Crippen LogP contribution in [-0.4, -0.2) is 0 Å². The van der Waals surface area contributed by atoms with E-state index >= 15 is 0 Å². The highest BCUT2D eigenvalue weighted by molar-refractivity contribution is 4.82. The molecule has 0 nitrogen and oxygen atoms in total. The smallest absolute Gasteiger partial charge is 0.0262 e. The van der Waals surface area contributed by atoms with Crippen molar-refractivity contribution in [2.75, 3.05) is 0 Å². The van der Waals surface area contributed by atoms with Crippen molar-refractivity contribution in [3.8, 4) is 0 Å². The van der Waals surface area contributed by atoms with Gasteiger partial charge in [-0.25, -0.2) is 0 Å². The summed E-state index contributed by atoms with van der Waals surface area (Å²) >= 11 is 0. The van der Waals surface area contributed by atoms with Crippen molar-refractivity contribution in [1.82, 2.24) is 0 Å². The molecule has 78 valence electrons. The Morgan fingerprint density at radius 1 is 1.00 bits per heavy atom. The second kappa shape index (κ2) is 9.83. The van der Waals surface area contributed by atoms with Crippen LogP contribution in [0.3, 0.4) is 0 Å². The highest BCUT2D eigenvalue weighted by atomic mass is 14.0. The highest BCUT2D eigenvalue weighted by Gasteiger charge is 1.95. The summed E-state index contributed by atoms with van der Waals surface area (Å²) in [5.74, 6) is 0.788. The third-order valence-corrected chi connectivity index (χ3v) is 2.53. The van der Waals surface area contributed by atoms with Crippen LogP contribution in [0, 0.1) is 5.92 Å². The summed E-state index contributed by atoms with van der Waals surface area (Å²) in [6.07, 6.45) is 14.4. The monoisotopic (exact) mass is 182 g/mol. The van der Waals surface area contributed by atoms with Gasteiger partial charge in [0.2, 0.25) is 0 Å². The van der Waals surface area contributed by atoms with Crippen molar-refractivity contribution in [3.63, 3.8) is 0 Å². The summed E-state index contributed by atoms with van der Waals surface area (Å²) in [5.41, 5.74) is 0. The minimum Gasteiger partial charge on any atom is -0.0914 e. The molecule has 1 atom stereocenters. The fourth-order valence-corrected chi connectivity index (χ4v) is 1.67. The number of rotatable bonds is 8. The zero-order valence-corrected chi connectivity index (χ0v) is 9.68. The molecule has 0 rings (SSSR count). The van der Waals surface area contributed by atoms with Crippen molar-refractivity contribution in [2.24, 2.45) is 5.92 Å². The lowest BCUT2D eigenvalue weighted by Gasteiger charge is -2.05. The molecular formula is C13H26. The van der Waals surface area contributed by atoms with E-state index in [0.717, 1.165) is 5.92 Å². The Balaban J connectivity index is 3.06. The summed E-state index contributed by atoms with van der Waals surface area (Å²) in [6, 6.07) is 0. The molecule has 0 aromatic heterocycles. The van der Waals surface area contributed by atoms with E-state index in [1.165, 1.54) is 44.9 Å². The molecule has 0 fully saturated rings. The van der Waals surface area contributed by atoms with Crippen molar-refractivity contribution >= 4 is 0 Å². The van der Waals surface area contributed by atoms with E-state index in [2.05, 4.69) is 32.9 Å². The summed E-state index contributed by atoms with van der Waals surface area (Å²) in [7, 11) is 0. The van der Waals surface area contributed by atoms with Gasteiger partial charge in [-0.15, -0.1) is 0 Å². The number of hydrogen-bond acceptors (Lipinski definition) is 0. The lowest BCUT2D eigenvalue weighted by Crippen LogP contribution is -1.89. The van der Waals surface area contributed by atoms with Crippen LogP contribution in [0.15, 0.2) is 12.2 Å². The van der Waals surface area contributed by atoms with Crippen LogP contribution in [-0.2, 0) is 0 Å². The van der Waals surface area contributed by atoms with E-state index in [9.17, 15) is 0 Å². The SMILES string of the molecule is CC=CC(C)CCCCCCCC. The van der Waals surface area contributed by atoms with Crippen LogP contribution in [0.25, 0.3) is 0 Å². The Morgan fingerprint density at radius 2 is 1.62 bits per heavy atom. The third kappa shape index (κ3) is 9.66. The zero-order chi connectivity index (χ0) is 9.94. The molecule has 0 aliphatic carbocycles. The van der Waals surface area contributed by atoms with Crippen LogP contribution < -0.4 is 0 Å². The lowest BCUT2D eigenvalue weighted by atomic mass is 10.0. The maximum atomic E-state index is 2.31. The van der Waals surface area contributed by atoms with E-state index in [0.29, 0.717) is 0 Å². The van der Waals surface area contributed by atoms with Crippen LogP contribution >= 0.6 is 0 Å². The molecule has 0 aliphatic heterocycles. The molecule has 0 heterocycles. The molecule has 13 heavy (non-hydrogen) atoms. The molecule has 0 saturated carbocycles. The molecule has 1 unspecified atom stereocenters. The molecule has 0 aliphatic rings. The normalized spacial score (nSPS) is 13.8. The molecular weight excluding hydrogens is 156 g/mol. The molecule has 0 aromatic rings. The molecule has 0 radical (unpaired) electrons. The van der Waals surface area contributed by atoms with Gasteiger partial charge in [0.05, 0.1) is 0 Å². The Labute approximate surface area is 84.4 Å². The largest absolute Gasteiger partial charge is 0.0914 e. The lowest BCUT2D eigenvalue weighted by molar-refractivity contribution is 0.543. The van der Waals surface area contributed by atoms with Gasteiger partial charge in [-0.2, -0.15) is 0 Å². The summed E-state index contributed by atoms with van der Waals surface area (Å²) < 4.78 is 0. The quantitative estimate of drug-likeness (QED) is 0.368. The van der Waals surface area contributed by atoms with Gasteiger partial charge in [0.1, 0.15) is 0 Å². The minimum atomic E-state index is 0.788. The predicted molar refractivity (Wildman–Crippen MR) is 62.0 cm³/mol. The average molecular weight is 182 g/mol. The van der Waals surface area contributed by atoms with Gasteiger partial charge in [0.25, 0.3) is 0 Å². The molecule has 0 bridgehead atoms. The Hall–Kier alpha value is -0.260. The van der Waals surface area contributed by atoms with Crippen molar-refractivity contribution < 1.29 is 0 Å². The summed E-state index contributed by atoms with van der Waals surface area (Å²) in [5, 5.41) is 0. The van der Waals surface area contributed by atoms with E-state index in [1.807, 2.05) is 0 Å². The standard InChI is InChI=1S/C13H26/c1-4-6-7-8-9-10-12-13(3)11-5-2/h5,11,13H,4,6-10,12H2,1-3H3. The Morgan fingerprint density at radius 3 is 2.23 bits per heavy atom. The Kier molecular flexibility index (Phi) is 9.63. The number of hydrogen-bond donors (Lipinski definition) is 0. The van der Waals surface area contributed by atoms with Crippen molar-refractivity contribution in [3.05, 3.63) is 12.2 Å². The minimum absolute atomic E-state index is 0.788. The van der Waals surface area contributed by atoms with Crippen LogP contribution in [0.4, 0.5) is 0 Å². The maximum Gasteiger partial charge on any atom is -0.0262 e. The van der Waals surface area contributed by atoms with Gasteiger partial charge in [0.15, 0.2) is 0 Å². The number of allylic oxidation sites excluding steroid dienone is 2. The summed E-state index contributed by atoms with van der Waals surface area (Å²) in [4.78, 5) is 0. The van der Waals surface area contributed by atoms with E-state index in [-0.39, 0.29) is 0 Å².